The van der Waals surface area contributed by atoms with Gasteiger partial charge in [0.1, 0.15) is 0 Å². The summed E-state index contributed by atoms with van der Waals surface area (Å²) < 4.78 is 2.85. The van der Waals surface area contributed by atoms with Crippen LogP contribution in [0.5, 0.6) is 0 Å². The number of halogens is 1. The van der Waals surface area contributed by atoms with E-state index in [1.165, 1.54) is 5.56 Å². The summed E-state index contributed by atoms with van der Waals surface area (Å²) in [5.41, 5.74) is 6.22. The van der Waals surface area contributed by atoms with Gasteiger partial charge in [-0.3, -0.25) is 10.5 Å². The molecular weight excluding hydrogens is 280 g/mol. The van der Waals surface area contributed by atoms with E-state index in [9.17, 15) is 0 Å². The van der Waals surface area contributed by atoms with Crippen molar-refractivity contribution < 1.29 is 0 Å². The Bertz CT molecular complexity index is 521. The van der Waals surface area contributed by atoms with Gasteiger partial charge in [-0.05, 0) is 24.1 Å². The van der Waals surface area contributed by atoms with Gasteiger partial charge >= 0.3 is 0 Å². The topological polar surface area (TPSA) is 55.9 Å². The molecule has 0 aliphatic carbocycles. The molecular formula is C12H15BrN4. The predicted molar refractivity (Wildman–Crippen MR) is 71.3 cm³/mol. The van der Waals surface area contributed by atoms with Gasteiger partial charge in [-0.15, -0.1) is 0 Å². The van der Waals surface area contributed by atoms with Crippen molar-refractivity contribution in [3.05, 3.63) is 51.8 Å². The number of aryl methyl sites for hydroxylation is 1. The van der Waals surface area contributed by atoms with E-state index in [1.54, 1.807) is 4.68 Å². The standard InChI is InChI=1S/C12H15BrN4/c1-8-10(4-3-5-11(8)13)12(16-14)9-6-15-17(2)7-9/h3-7,12,16H,14H2,1-2H3. The van der Waals surface area contributed by atoms with Gasteiger partial charge in [-0.25, -0.2) is 5.43 Å². The van der Waals surface area contributed by atoms with Crippen LogP contribution in [0.2, 0.25) is 0 Å². The highest BCUT2D eigenvalue weighted by molar-refractivity contribution is 9.10. The van der Waals surface area contributed by atoms with Gasteiger partial charge in [0.2, 0.25) is 0 Å². The van der Waals surface area contributed by atoms with Gasteiger partial charge in [-0.2, -0.15) is 5.10 Å². The number of nitrogens with two attached hydrogens (primary N) is 1. The largest absolute Gasteiger partial charge is 0.275 e. The van der Waals surface area contributed by atoms with Crippen LogP contribution in [0.15, 0.2) is 35.1 Å². The molecule has 1 aromatic carbocycles. The number of benzene rings is 1. The molecule has 0 saturated carbocycles. The fourth-order valence-corrected chi connectivity index (χ4v) is 2.27. The van der Waals surface area contributed by atoms with Crippen molar-refractivity contribution in [2.45, 2.75) is 13.0 Å². The second-order valence-electron chi connectivity index (χ2n) is 4.00. The molecule has 0 fully saturated rings. The molecule has 0 aliphatic rings. The Balaban J connectivity index is 2.45. The predicted octanol–water partition coefficient (Wildman–Crippen LogP) is 2.04. The van der Waals surface area contributed by atoms with E-state index in [4.69, 9.17) is 5.84 Å². The maximum absolute atomic E-state index is 5.66. The highest BCUT2D eigenvalue weighted by Crippen LogP contribution is 2.28. The van der Waals surface area contributed by atoms with Crippen molar-refractivity contribution in [2.24, 2.45) is 12.9 Å². The minimum Gasteiger partial charge on any atom is -0.275 e. The zero-order valence-corrected chi connectivity index (χ0v) is 11.4. The lowest BCUT2D eigenvalue weighted by Gasteiger charge is -2.17. The quantitative estimate of drug-likeness (QED) is 0.673. The van der Waals surface area contributed by atoms with Crippen LogP contribution >= 0.6 is 15.9 Å². The Morgan fingerprint density at radius 1 is 1.47 bits per heavy atom. The molecule has 1 unspecified atom stereocenters. The molecule has 17 heavy (non-hydrogen) atoms. The number of nitrogens with zero attached hydrogens (tertiary/aromatic N) is 2. The number of rotatable bonds is 3. The smallest absolute Gasteiger partial charge is 0.0743 e. The van der Waals surface area contributed by atoms with E-state index >= 15 is 0 Å². The highest BCUT2D eigenvalue weighted by atomic mass is 79.9. The summed E-state index contributed by atoms with van der Waals surface area (Å²) in [5, 5.41) is 4.17. The molecule has 90 valence electrons. The first-order chi connectivity index (χ1) is 8.13. The van der Waals surface area contributed by atoms with Crippen molar-refractivity contribution in [3.8, 4) is 0 Å². The lowest BCUT2D eigenvalue weighted by molar-refractivity contribution is 0.632. The van der Waals surface area contributed by atoms with Crippen molar-refractivity contribution in [1.29, 1.82) is 0 Å². The number of aromatic nitrogens is 2. The molecule has 0 aliphatic heterocycles. The Morgan fingerprint density at radius 3 is 2.82 bits per heavy atom. The van der Waals surface area contributed by atoms with E-state index in [1.807, 2.05) is 31.6 Å². The van der Waals surface area contributed by atoms with E-state index in [2.05, 4.69) is 39.4 Å². The number of nitrogens with one attached hydrogen (secondary N) is 1. The summed E-state index contributed by atoms with van der Waals surface area (Å²) in [5.74, 6) is 5.66. The van der Waals surface area contributed by atoms with Gasteiger partial charge in [-0.1, -0.05) is 28.1 Å². The Kier molecular flexibility index (Phi) is 3.61. The minimum atomic E-state index is -0.0406. The first kappa shape index (κ1) is 12.3. The van der Waals surface area contributed by atoms with Crippen molar-refractivity contribution in [2.75, 3.05) is 0 Å². The summed E-state index contributed by atoms with van der Waals surface area (Å²) in [6, 6.07) is 6.06. The number of hydrogen-bond acceptors (Lipinski definition) is 3. The lowest BCUT2D eigenvalue weighted by atomic mass is 9.98. The molecule has 0 radical (unpaired) electrons. The molecule has 0 saturated heterocycles. The summed E-state index contributed by atoms with van der Waals surface area (Å²) in [4.78, 5) is 0. The number of hydrogen-bond donors (Lipinski definition) is 2. The van der Waals surface area contributed by atoms with Crippen LogP contribution in [-0.4, -0.2) is 9.78 Å². The van der Waals surface area contributed by atoms with Gasteiger partial charge in [0.25, 0.3) is 0 Å². The van der Waals surface area contributed by atoms with Crippen LogP contribution in [0.3, 0.4) is 0 Å². The first-order valence-electron chi connectivity index (χ1n) is 5.33. The second-order valence-corrected chi connectivity index (χ2v) is 4.86. The van der Waals surface area contributed by atoms with Gasteiger partial charge < -0.3 is 0 Å². The third-order valence-electron chi connectivity index (χ3n) is 2.85. The average molecular weight is 295 g/mol. The van der Waals surface area contributed by atoms with Crippen LogP contribution in [0.4, 0.5) is 0 Å². The first-order valence-corrected chi connectivity index (χ1v) is 6.12. The van der Waals surface area contributed by atoms with E-state index in [0.717, 1.165) is 15.6 Å². The van der Waals surface area contributed by atoms with Crippen molar-refractivity contribution in [1.82, 2.24) is 15.2 Å². The zero-order valence-electron chi connectivity index (χ0n) is 9.81. The zero-order chi connectivity index (χ0) is 12.4. The second kappa shape index (κ2) is 5.00. The fraction of sp³-hybridized carbons (Fsp3) is 0.250. The Morgan fingerprint density at radius 2 is 2.24 bits per heavy atom. The summed E-state index contributed by atoms with van der Waals surface area (Å²) in [6.07, 6.45) is 3.79. The molecule has 0 amide bonds. The normalized spacial score (nSPS) is 12.7. The van der Waals surface area contributed by atoms with Gasteiger partial charge in [0, 0.05) is 23.3 Å². The average Bonchev–Trinajstić information content (AvgIpc) is 2.72. The molecule has 1 atom stereocenters. The molecule has 3 N–H and O–H groups in total. The van der Waals surface area contributed by atoms with E-state index < -0.39 is 0 Å². The molecule has 4 nitrogen and oxygen atoms in total. The molecule has 2 aromatic rings. The summed E-state index contributed by atoms with van der Waals surface area (Å²) in [7, 11) is 1.89. The summed E-state index contributed by atoms with van der Waals surface area (Å²) in [6.45, 7) is 2.07. The molecule has 0 bridgehead atoms. The van der Waals surface area contributed by atoms with Crippen LogP contribution < -0.4 is 11.3 Å². The molecule has 1 aromatic heterocycles. The SMILES string of the molecule is Cc1c(Br)cccc1C(NN)c1cnn(C)c1. The molecule has 0 spiro atoms. The van der Waals surface area contributed by atoms with Gasteiger partial charge in [0.15, 0.2) is 0 Å². The van der Waals surface area contributed by atoms with Crippen molar-refractivity contribution in [3.63, 3.8) is 0 Å². The lowest BCUT2D eigenvalue weighted by Crippen LogP contribution is -2.29. The van der Waals surface area contributed by atoms with Crippen LogP contribution in [0.1, 0.15) is 22.7 Å². The highest BCUT2D eigenvalue weighted by Gasteiger charge is 2.16. The number of hydrazine groups is 1. The summed E-state index contributed by atoms with van der Waals surface area (Å²) >= 11 is 3.53. The molecule has 1 heterocycles. The Hall–Kier alpha value is -1.17. The minimum absolute atomic E-state index is 0.0406. The van der Waals surface area contributed by atoms with Crippen LogP contribution in [-0.2, 0) is 7.05 Å². The van der Waals surface area contributed by atoms with Crippen LogP contribution in [0, 0.1) is 6.92 Å². The third-order valence-corrected chi connectivity index (χ3v) is 3.70. The molecule has 2 rings (SSSR count). The van der Waals surface area contributed by atoms with E-state index in [-0.39, 0.29) is 6.04 Å². The maximum atomic E-state index is 5.66. The van der Waals surface area contributed by atoms with E-state index in [0.29, 0.717) is 0 Å². The maximum Gasteiger partial charge on any atom is 0.0743 e. The third kappa shape index (κ3) is 2.41. The monoisotopic (exact) mass is 294 g/mol. The fourth-order valence-electron chi connectivity index (χ4n) is 1.89. The van der Waals surface area contributed by atoms with Crippen molar-refractivity contribution >= 4 is 15.9 Å². The Labute approximate surface area is 109 Å². The van der Waals surface area contributed by atoms with Crippen LogP contribution in [0.25, 0.3) is 0 Å². The van der Waals surface area contributed by atoms with Gasteiger partial charge in [0.05, 0.1) is 12.2 Å². The molecule has 5 heteroatoms.